The van der Waals surface area contributed by atoms with Crippen LogP contribution >= 0.6 is 11.6 Å². The lowest BCUT2D eigenvalue weighted by Crippen LogP contribution is -2.38. The summed E-state index contributed by atoms with van der Waals surface area (Å²) in [5.74, 6) is 2.08. The van der Waals surface area contributed by atoms with Crippen LogP contribution < -0.4 is 10.1 Å². The number of pyridine rings is 1. The van der Waals surface area contributed by atoms with Crippen LogP contribution in [0.4, 0.5) is 5.69 Å². The lowest BCUT2D eigenvalue weighted by Gasteiger charge is -2.27. The number of aromatic nitrogens is 1. The minimum Gasteiger partial charge on any atom is -0.497 e. The molecule has 33 heavy (non-hydrogen) atoms. The van der Waals surface area contributed by atoms with E-state index in [4.69, 9.17) is 21.3 Å². The Morgan fingerprint density at radius 3 is 2.30 bits per heavy atom. The Morgan fingerprint density at radius 2 is 1.67 bits per heavy atom. The highest BCUT2D eigenvalue weighted by molar-refractivity contribution is 6.31. The predicted molar refractivity (Wildman–Crippen MR) is 141 cm³/mol. The van der Waals surface area contributed by atoms with E-state index >= 15 is 0 Å². The van der Waals surface area contributed by atoms with Crippen molar-refractivity contribution in [2.45, 2.75) is 46.6 Å². The van der Waals surface area contributed by atoms with Crippen LogP contribution in [0.3, 0.4) is 0 Å². The largest absolute Gasteiger partial charge is 0.497 e. The maximum Gasteiger partial charge on any atom is 0.119 e. The Kier molecular flexibility index (Phi) is 9.19. The number of ether oxygens (including phenoxy) is 1. The van der Waals surface area contributed by atoms with E-state index in [1.54, 1.807) is 7.11 Å². The number of rotatable bonds is 12. The molecule has 1 unspecified atom stereocenters. The van der Waals surface area contributed by atoms with Crippen LogP contribution in [0.15, 0.2) is 36.4 Å². The molecule has 3 rings (SSSR count). The number of nitrogens with one attached hydrogen (secondary N) is 1. The number of halogens is 1. The molecule has 0 spiro atoms. The van der Waals surface area contributed by atoms with Crippen LogP contribution in [0.5, 0.6) is 5.75 Å². The smallest absolute Gasteiger partial charge is 0.119 e. The van der Waals surface area contributed by atoms with E-state index in [0.29, 0.717) is 29.9 Å². The van der Waals surface area contributed by atoms with Gasteiger partial charge in [-0.15, -0.1) is 0 Å². The van der Waals surface area contributed by atoms with Crippen LogP contribution in [0, 0.1) is 11.8 Å². The third kappa shape index (κ3) is 7.20. The quantitative estimate of drug-likeness (QED) is 0.307. The molecule has 0 bridgehead atoms. The predicted octanol–water partition coefficient (Wildman–Crippen LogP) is 6.22. The van der Waals surface area contributed by atoms with Gasteiger partial charge in [0, 0.05) is 28.9 Å². The zero-order chi connectivity index (χ0) is 24.0. The monoisotopic (exact) mass is 471 g/mol. The molecule has 0 saturated carbocycles. The first-order valence-corrected chi connectivity index (χ1v) is 12.4. The highest BCUT2D eigenvalue weighted by Crippen LogP contribution is 2.34. The van der Waals surface area contributed by atoms with E-state index in [1.807, 2.05) is 36.4 Å². The van der Waals surface area contributed by atoms with E-state index in [9.17, 15) is 5.11 Å². The van der Waals surface area contributed by atoms with Gasteiger partial charge in [-0.05, 0) is 74.2 Å². The summed E-state index contributed by atoms with van der Waals surface area (Å²) < 4.78 is 5.45. The number of anilines is 1. The van der Waals surface area contributed by atoms with Gasteiger partial charge in [-0.3, -0.25) is 0 Å². The molecule has 1 aromatic heterocycles. The number of benzene rings is 2. The second kappa shape index (κ2) is 11.9. The van der Waals surface area contributed by atoms with Crippen LogP contribution in [0.25, 0.3) is 21.8 Å². The molecule has 2 aromatic carbocycles. The lowest BCUT2D eigenvalue weighted by atomic mass is 10.1. The van der Waals surface area contributed by atoms with Crippen LogP contribution in [-0.2, 0) is 0 Å². The summed E-state index contributed by atoms with van der Waals surface area (Å²) in [6, 6.07) is 11.6. The van der Waals surface area contributed by atoms with Crippen molar-refractivity contribution in [1.82, 2.24) is 9.88 Å². The fourth-order valence-electron chi connectivity index (χ4n) is 3.97. The summed E-state index contributed by atoms with van der Waals surface area (Å²) in [5, 5.41) is 17.0. The number of nitrogens with zero attached hydrogens (tertiary/aromatic N) is 2. The van der Waals surface area contributed by atoms with Crippen LogP contribution in [0.1, 0.15) is 40.5 Å². The summed E-state index contributed by atoms with van der Waals surface area (Å²) in [5.41, 5.74) is 2.63. The van der Waals surface area contributed by atoms with Crippen molar-refractivity contribution in [1.29, 1.82) is 0 Å². The molecule has 6 heteroatoms. The Labute approximate surface area is 203 Å². The molecule has 0 saturated heterocycles. The van der Waals surface area contributed by atoms with Crippen molar-refractivity contribution in [3.05, 3.63) is 41.4 Å². The molecule has 0 aliphatic heterocycles. The molecule has 0 radical (unpaired) electrons. The molecule has 1 atom stereocenters. The van der Waals surface area contributed by atoms with Crippen molar-refractivity contribution < 1.29 is 9.84 Å². The summed E-state index contributed by atoms with van der Waals surface area (Å²) in [6.45, 7) is 12.1. The van der Waals surface area contributed by atoms with Gasteiger partial charge in [0.2, 0.25) is 0 Å². The van der Waals surface area contributed by atoms with Crippen molar-refractivity contribution in [3.63, 3.8) is 0 Å². The van der Waals surface area contributed by atoms with Gasteiger partial charge < -0.3 is 20.1 Å². The van der Waals surface area contributed by atoms with Gasteiger partial charge in [-0.2, -0.15) is 0 Å². The number of fused-ring (bicyclic) bond motifs is 2. The minimum atomic E-state index is -0.486. The first kappa shape index (κ1) is 25.5. The Hall–Kier alpha value is -2.08. The highest BCUT2D eigenvalue weighted by atomic mass is 35.5. The molecule has 2 N–H and O–H groups in total. The normalized spacial score (nSPS) is 12.9. The van der Waals surface area contributed by atoms with Crippen LogP contribution in [-0.4, -0.2) is 54.4 Å². The first-order chi connectivity index (χ1) is 15.8. The fraction of sp³-hybridized carbons (Fsp3) is 0.519. The topological polar surface area (TPSA) is 57.6 Å². The maximum atomic E-state index is 10.9. The second-order valence-electron chi connectivity index (χ2n) is 9.73. The first-order valence-electron chi connectivity index (χ1n) is 12.0. The van der Waals surface area contributed by atoms with Crippen molar-refractivity contribution in [2.75, 3.05) is 38.6 Å². The van der Waals surface area contributed by atoms with Gasteiger partial charge in [0.1, 0.15) is 5.75 Å². The molecule has 3 aromatic rings. The number of aliphatic hydroxyl groups is 1. The molecule has 0 aliphatic carbocycles. The summed E-state index contributed by atoms with van der Waals surface area (Å²) in [7, 11) is 1.66. The Balaban J connectivity index is 1.81. The highest BCUT2D eigenvalue weighted by Gasteiger charge is 2.16. The molecule has 180 valence electrons. The molecule has 0 fully saturated rings. The maximum absolute atomic E-state index is 10.9. The van der Waals surface area contributed by atoms with Gasteiger partial charge in [-0.1, -0.05) is 39.3 Å². The van der Waals surface area contributed by atoms with E-state index in [1.165, 1.54) is 0 Å². The summed E-state index contributed by atoms with van der Waals surface area (Å²) >= 11 is 6.23. The zero-order valence-corrected chi connectivity index (χ0v) is 21.3. The standard InChI is InChI=1S/C27H38ClN3O2/c1-18(2)10-12-31(13-11-19(3)4)17-21(32)16-29-27-23-8-6-20(28)14-26(23)30-25-9-7-22(33-5)15-24(25)27/h6-9,14-15,18-19,21,32H,10-13,16-17H2,1-5H3,(H,29,30). The molecule has 5 nitrogen and oxygen atoms in total. The fourth-order valence-corrected chi connectivity index (χ4v) is 4.14. The van der Waals surface area contributed by atoms with E-state index in [2.05, 4.69) is 37.9 Å². The van der Waals surface area contributed by atoms with Crippen LogP contribution in [0.2, 0.25) is 5.02 Å². The van der Waals surface area contributed by atoms with Gasteiger partial charge in [0.25, 0.3) is 0 Å². The average molecular weight is 472 g/mol. The van der Waals surface area contributed by atoms with Crippen molar-refractivity contribution in [3.8, 4) is 5.75 Å². The van der Waals surface area contributed by atoms with Crippen molar-refractivity contribution in [2.24, 2.45) is 11.8 Å². The summed E-state index contributed by atoms with van der Waals surface area (Å²) in [6.07, 6.45) is 1.79. The third-order valence-corrected chi connectivity index (χ3v) is 6.21. The van der Waals surface area contributed by atoms with Gasteiger partial charge >= 0.3 is 0 Å². The molecule has 0 aliphatic rings. The molecular formula is C27H38ClN3O2. The minimum absolute atomic E-state index is 0.452. The van der Waals surface area contributed by atoms with Gasteiger partial charge in [0.15, 0.2) is 0 Å². The molecule has 0 amide bonds. The Morgan fingerprint density at radius 1 is 0.970 bits per heavy atom. The van der Waals surface area contributed by atoms with Gasteiger partial charge in [-0.25, -0.2) is 4.98 Å². The molecule has 1 heterocycles. The number of methoxy groups -OCH3 is 1. The lowest BCUT2D eigenvalue weighted by molar-refractivity contribution is 0.115. The van der Waals surface area contributed by atoms with E-state index < -0.39 is 6.10 Å². The molecular weight excluding hydrogens is 434 g/mol. The number of aliphatic hydroxyl groups excluding tert-OH is 1. The SMILES string of the molecule is COc1ccc2nc3cc(Cl)ccc3c(NCC(O)CN(CCC(C)C)CCC(C)C)c2c1. The Bertz CT molecular complexity index is 1040. The van der Waals surface area contributed by atoms with Gasteiger partial charge in [0.05, 0.1) is 29.9 Å². The summed E-state index contributed by atoms with van der Waals surface area (Å²) in [4.78, 5) is 7.18. The zero-order valence-electron chi connectivity index (χ0n) is 20.6. The number of hydrogen-bond acceptors (Lipinski definition) is 5. The van der Waals surface area contributed by atoms with E-state index in [0.717, 1.165) is 59.2 Å². The van der Waals surface area contributed by atoms with E-state index in [-0.39, 0.29) is 0 Å². The average Bonchev–Trinajstić information content (AvgIpc) is 2.77. The number of hydrogen-bond donors (Lipinski definition) is 2. The third-order valence-electron chi connectivity index (χ3n) is 5.97. The van der Waals surface area contributed by atoms with Crippen molar-refractivity contribution >= 4 is 39.1 Å². The second-order valence-corrected chi connectivity index (χ2v) is 10.2.